The zero-order valence-electron chi connectivity index (χ0n) is 9.09. The third-order valence-corrected chi connectivity index (χ3v) is 1.89. The summed E-state index contributed by atoms with van der Waals surface area (Å²) in [4.78, 5) is 25.6. The van der Waals surface area contributed by atoms with Crippen molar-refractivity contribution in [3.63, 3.8) is 0 Å². The number of nitrogens with zero attached hydrogens (tertiary/aromatic N) is 3. The van der Waals surface area contributed by atoms with Crippen LogP contribution in [0.25, 0.3) is 0 Å². The number of nitrogens with two attached hydrogens (primary N) is 1. The first-order chi connectivity index (χ1) is 8.54. The van der Waals surface area contributed by atoms with Crippen molar-refractivity contribution >= 4 is 18.1 Å². The molecule has 0 heterocycles. The van der Waals surface area contributed by atoms with E-state index in [1.807, 2.05) is 0 Å². The van der Waals surface area contributed by atoms with Gasteiger partial charge in [0.05, 0.1) is 4.92 Å². The molecule has 0 radical (unpaired) electrons. The van der Waals surface area contributed by atoms with E-state index >= 15 is 0 Å². The second-order valence-corrected chi connectivity index (χ2v) is 3.09. The van der Waals surface area contributed by atoms with Gasteiger partial charge < -0.3 is 10.9 Å². The van der Waals surface area contributed by atoms with Crippen LogP contribution in [0.3, 0.4) is 0 Å². The Morgan fingerprint density at radius 1 is 1.56 bits per heavy atom. The predicted octanol–water partition coefficient (Wildman–Crippen LogP) is 0.825. The number of oxime groups is 1. The fourth-order valence-corrected chi connectivity index (χ4v) is 1.06. The molecule has 9 nitrogen and oxygen atoms in total. The van der Waals surface area contributed by atoms with Crippen LogP contribution in [0.5, 0.6) is 0 Å². The summed E-state index contributed by atoms with van der Waals surface area (Å²) in [5, 5.41) is 21.8. The number of benzene rings is 1. The number of carbonyl (C=O) groups is 1. The van der Waals surface area contributed by atoms with Crippen molar-refractivity contribution in [3.05, 3.63) is 39.9 Å². The minimum Gasteiger partial charge on any atom is -0.410 e. The number of nitro benzene ring substituents is 1. The molecule has 0 fully saturated rings. The number of hydrogen-bond acceptors (Lipinski definition) is 6. The number of nitro groups is 1. The van der Waals surface area contributed by atoms with Crippen molar-refractivity contribution in [2.45, 2.75) is 6.61 Å². The Hall–Kier alpha value is -2.68. The fourth-order valence-electron chi connectivity index (χ4n) is 1.06. The van der Waals surface area contributed by atoms with Crippen molar-refractivity contribution in [3.8, 4) is 0 Å². The summed E-state index contributed by atoms with van der Waals surface area (Å²) in [7, 11) is 0. The Balaban J connectivity index is 2.62. The lowest BCUT2D eigenvalue weighted by atomic mass is 10.2. The van der Waals surface area contributed by atoms with Crippen LogP contribution in [0.15, 0.2) is 29.4 Å². The van der Waals surface area contributed by atoms with Gasteiger partial charge in [0, 0.05) is 12.1 Å². The quantitative estimate of drug-likeness (QED) is 0.264. The predicted molar refractivity (Wildman–Crippen MR) is 59.6 cm³/mol. The molecule has 0 aliphatic carbocycles. The molecular formula is C9H10N4O5. The van der Waals surface area contributed by atoms with Gasteiger partial charge in [0.15, 0.2) is 6.34 Å². The zero-order valence-corrected chi connectivity index (χ0v) is 9.09. The highest BCUT2D eigenvalue weighted by molar-refractivity contribution is 5.83. The SMILES string of the molecule is NC(=O)N(/C=N/O)OCc1ccc([N+](=O)[O-])cc1. The van der Waals surface area contributed by atoms with Gasteiger partial charge in [-0.3, -0.25) is 15.0 Å². The summed E-state index contributed by atoms with van der Waals surface area (Å²) in [5.74, 6) is 0. The summed E-state index contributed by atoms with van der Waals surface area (Å²) in [6, 6.07) is 4.57. The van der Waals surface area contributed by atoms with E-state index in [0.29, 0.717) is 17.0 Å². The summed E-state index contributed by atoms with van der Waals surface area (Å²) >= 11 is 0. The van der Waals surface area contributed by atoms with E-state index in [9.17, 15) is 14.9 Å². The van der Waals surface area contributed by atoms with Gasteiger partial charge in [-0.05, 0) is 17.7 Å². The third kappa shape index (κ3) is 3.72. The maximum Gasteiger partial charge on any atom is 0.344 e. The number of amides is 2. The molecule has 0 aliphatic heterocycles. The molecule has 3 N–H and O–H groups in total. The number of urea groups is 1. The fraction of sp³-hybridized carbons (Fsp3) is 0.111. The van der Waals surface area contributed by atoms with E-state index in [-0.39, 0.29) is 12.3 Å². The highest BCUT2D eigenvalue weighted by Crippen LogP contribution is 2.12. The monoisotopic (exact) mass is 254 g/mol. The van der Waals surface area contributed by atoms with Crippen LogP contribution in [-0.4, -0.2) is 27.6 Å². The van der Waals surface area contributed by atoms with E-state index in [2.05, 4.69) is 5.16 Å². The molecule has 0 aliphatic rings. The molecular weight excluding hydrogens is 244 g/mol. The first kappa shape index (κ1) is 13.4. The van der Waals surface area contributed by atoms with Gasteiger partial charge in [0.1, 0.15) is 6.61 Å². The average Bonchev–Trinajstić information content (AvgIpc) is 2.34. The highest BCUT2D eigenvalue weighted by Gasteiger charge is 2.09. The lowest BCUT2D eigenvalue weighted by Gasteiger charge is -2.13. The average molecular weight is 254 g/mol. The Morgan fingerprint density at radius 3 is 2.61 bits per heavy atom. The molecule has 0 spiro atoms. The standard InChI is InChI=1S/C9H10N4O5/c10-9(14)12(6-11-15)18-5-7-1-3-8(4-2-7)13(16)17/h1-4,6,15H,5H2,(H2,10,14)/b11-6+. The number of rotatable bonds is 5. The van der Waals surface area contributed by atoms with Crippen molar-refractivity contribution < 1.29 is 19.8 Å². The molecule has 1 aromatic carbocycles. The zero-order chi connectivity index (χ0) is 13.5. The molecule has 1 rings (SSSR count). The van der Waals surface area contributed by atoms with Crippen LogP contribution >= 0.6 is 0 Å². The molecule has 0 atom stereocenters. The second kappa shape index (κ2) is 6.15. The van der Waals surface area contributed by atoms with Crippen LogP contribution < -0.4 is 5.73 Å². The minimum absolute atomic E-state index is 0.0533. The van der Waals surface area contributed by atoms with Gasteiger partial charge in [-0.2, -0.15) is 5.06 Å². The smallest absolute Gasteiger partial charge is 0.344 e. The van der Waals surface area contributed by atoms with Crippen molar-refractivity contribution in [1.29, 1.82) is 0 Å². The Morgan fingerprint density at radius 2 is 2.17 bits per heavy atom. The van der Waals surface area contributed by atoms with Crippen molar-refractivity contribution in [2.24, 2.45) is 10.9 Å². The largest absolute Gasteiger partial charge is 0.410 e. The molecule has 18 heavy (non-hydrogen) atoms. The molecule has 0 aromatic heterocycles. The maximum atomic E-state index is 10.8. The molecule has 96 valence electrons. The topological polar surface area (TPSA) is 131 Å². The highest BCUT2D eigenvalue weighted by atomic mass is 16.7. The lowest BCUT2D eigenvalue weighted by molar-refractivity contribution is -0.384. The van der Waals surface area contributed by atoms with E-state index in [1.54, 1.807) is 0 Å². The first-order valence-electron chi connectivity index (χ1n) is 4.67. The third-order valence-electron chi connectivity index (χ3n) is 1.89. The maximum absolute atomic E-state index is 10.8. The molecule has 0 saturated carbocycles. The summed E-state index contributed by atoms with van der Waals surface area (Å²) in [5.41, 5.74) is 5.45. The van der Waals surface area contributed by atoms with Crippen molar-refractivity contribution in [2.75, 3.05) is 0 Å². The Kier molecular flexibility index (Phi) is 4.58. The molecule has 2 amide bonds. The van der Waals surface area contributed by atoms with Gasteiger partial charge in [-0.25, -0.2) is 4.79 Å². The van der Waals surface area contributed by atoms with Crippen LogP contribution in [0.2, 0.25) is 0 Å². The summed E-state index contributed by atoms with van der Waals surface area (Å²) in [6.45, 7) is -0.0625. The lowest BCUT2D eigenvalue weighted by Crippen LogP contribution is -2.34. The normalized spacial score (nSPS) is 10.4. The molecule has 0 unspecified atom stereocenters. The van der Waals surface area contributed by atoms with Crippen LogP contribution in [0.1, 0.15) is 5.56 Å². The van der Waals surface area contributed by atoms with Crippen molar-refractivity contribution in [1.82, 2.24) is 5.06 Å². The minimum atomic E-state index is -0.963. The summed E-state index contributed by atoms with van der Waals surface area (Å²) in [6.07, 6.45) is 0.688. The van der Waals surface area contributed by atoms with E-state index in [4.69, 9.17) is 15.8 Å². The number of hydrogen-bond donors (Lipinski definition) is 2. The number of primary amides is 1. The first-order valence-corrected chi connectivity index (χ1v) is 4.67. The molecule has 9 heteroatoms. The van der Waals surface area contributed by atoms with Crippen LogP contribution in [-0.2, 0) is 11.4 Å². The second-order valence-electron chi connectivity index (χ2n) is 3.09. The Labute approximate surface area is 101 Å². The van der Waals surface area contributed by atoms with Crippen LogP contribution in [0.4, 0.5) is 10.5 Å². The van der Waals surface area contributed by atoms with E-state index in [0.717, 1.165) is 0 Å². The van der Waals surface area contributed by atoms with E-state index < -0.39 is 11.0 Å². The van der Waals surface area contributed by atoms with Gasteiger partial charge in [0.25, 0.3) is 5.69 Å². The summed E-state index contributed by atoms with van der Waals surface area (Å²) < 4.78 is 0. The van der Waals surface area contributed by atoms with Gasteiger partial charge in [-0.1, -0.05) is 5.16 Å². The molecule has 0 bridgehead atoms. The van der Waals surface area contributed by atoms with Gasteiger partial charge >= 0.3 is 6.03 Å². The van der Waals surface area contributed by atoms with E-state index in [1.165, 1.54) is 24.3 Å². The number of non-ortho nitro benzene ring substituents is 1. The van der Waals surface area contributed by atoms with Gasteiger partial charge in [-0.15, -0.1) is 0 Å². The van der Waals surface area contributed by atoms with Crippen LogP contribution in [0, 0.1) is 10.1 Å². The molecule has 1 aromatic rings. The molecule has 0 saturated heterocycles. The number of carbonyl (C=O) groups excluding carboxylic acids is 1. The number of hydroxylamine groups is 2. The Bertz CT molecular complexity index is 459. The van der Waals surface area contributed by atoms with Gasteiger partial charge in [0.2, 0.25) is 0 Å².